The van der Waals surface area contributed by atoms with Crippen molar-refractivity contribution < 1.29 is 23.8 Å². The van der Waals surface area contributed by atoms with Gasteiger partial charge in [-0.15, -0.1) is 6.58 Å². The highest BCUT2D eigenvalue weighted by Gasteiger charge is 2.62. The average Bonchev–Trinajstić information content (AvgIpc) is 3.13. The Hall–Kier alpha value is -2.56. The molecular weight excluding hydrogens is 320 g/mol. The predicted molar refractivity (Wildman–Crippen MR) is 90.3 cm³/mol. The molecule has 1 saturated carbocycles. The summed E-state index contributed by atoms with van der Waals surface area (Å²) in [4.78, 5) is 26.0. The molecule has 3 aliphatic rings. The summed E-state index contributed by atoms with van der Waals surface area (Å²) in [5.41, 5.74) is 0.173. The second kappa shape index (κ2) is 5.48. The van der Waals surface area contributed by atoms with Gasteiger partial charge in [-0.25, -0.2) is 0 Å². The molecule has 1 aliphatic heterocycles. The molecule has 0 aromatic heterocycles. The van der Waals surface area contributed by atoms with Crippen LogP contribution in [0.3, 0.4) is 0 Å². The van der Waals surface area contributed by atoms with Crippen LogP contribution in [0.2, 0.25) is 0 Å². The Labute approximate surface area is 146 Å². The monoisotopic (exact) mass is 340 g/mol. The lowest BCUT2D eigenvalue weighted by atomic mass is 9.71. The third-order valence-corrected chi connectivity index (χ3v) is 5.85. The molecule has 2 bridgehead atoms. The molecule has 1 fully saturated rings. The normalized spacial score (nSPS) is 32.6. The molecule has 0 radical (unpaired) electrons. The Kier molecular flexibility index (Phi) is 3.49. The maximum atomic E-state index is 13.2. The van der Waals surface area contributed by atoms with Gasteiger partial charge < -0.3 is 14.2 Å². The van der Waals surface area contributed by atoms with Crippen LogP contribution in [0, 0.1) is 17.3 Å². The van der Waals surface area contributed by atoms with Crippen LogP contribution in [0.1, 0.15) is 24.8 Å². The molecule has 0 amide bonds. The Morgan fingerprint density at radius 3 is 2.80 bits per heavy atom. The zero-order valence-corrected chi connectivity index (χ0v) is 14.3. The first-order valence-electron chi connectivity index (χ1n) is 8.39. The van der Waals surface area contributed by atoms with Crippen molar-refractivity contribution >= 4 is 11.6 Å². The molecule has 1 aromatic rings. The number of methoxy groups -OCH3 is 1. The predicted octanol–water partition coefficient (Wildman–Crippen LogP) is 3.01. The highest BCUT2D eigenvalue weighted by Crippen LogP contribution is 2.59. The van der Waals surface area contributed by atoms with E-state index in [4.69, 9.17) is 14.2 Å². The molecule has 130 valence electrons. The van der Waals surface area contributed by atoms with Gasteiger partial charge in [0.05, 0.1) is 18.4 Å². The van der Waals surface area contributed by atoms with E-state index in [0.29, 0.717) is 17.9 Å². The second-order valence-corrected chi connectivity index (χ2v) is 6.88. The van der Waals surface area contributed by atoms with Crippen LogP contribution in [0.5, 0.6) is 11.5 Å². The number of benzene rings is 1. The van der Waals surface area contributed by atoms with Gasteiger partial charge in [0, 0.05) is 5.92 Å². The van der Waals surface area contributed by atoms with Crippen LogP contribution in [0.4, 0.5) is 0 Å². The van der Waals surface area contributed by atoms with E-state index in [9.17, 15) is 9.59 Å². The maximum Gasteiger partial charge on any atom is 0.231 e. The summed E-state index contributed by atoms with van der Waals surface area (Å²) in [7, 11) is 1.47. The summed E-state index contributed by atoms with van der Waals surface area (Å²) in [5, 5.41) is 0. The van der Waals surface area contributed by atoms with Gasteiger partial charge in [-0.2, -0.15) is 0 Å². The summed E-state index contributed by atoms with van der Waals surface area (Å²) in [5.74, 6) is 0.345. The van der Waals surface area contributed by atoms with Gasteiger partial charge in [0.25, 0.3) is 0 Å². The molecule has 5 nitrogen and oxygen atoms in total. The molecule has 25 heavy (non-hydrogen) atoms. The Bertz CT molecular complexity index is 808. The first kappa shape index (κ1) is 15.9. The van der Waals surface area contributed by atoms with Crippen LogP contribution < -0.4 is 9.47 Å². The smallest absolute Gasteiger partial charge is 0.231 e. The first-order valence-corrected chi connectivity index (χ1v) is 8.39. The van der Waals surface area contributed by atoms with Crippen molar-refractivity contribution in [2.75, 3.05) is 13.9 Å². The highest BCUT2D eigenvalue weighted by molar-refractivity contribution is 6.17. The number of carbonyl (C=O) groups excluding carboxylic acids is 2. The zero-order valence-electron chi connectivity index (χ0n) is 14.3. The van der Waals surface area contributed by atoms with Crippen molar-refractivity contribution in [1.82, 2.24) is 0 Å². The molecule has 5 heteroatoms. The molecular formula is C20H20O5. The standard InChI is InChI=1S/C20H20O5/c1-4-7-20-9-15(23-3)18(21)17(19(20)22)16(11(20)2)12-5-6-13-14(8-12)25-10-24-13/h4-6,8-9,11,16-17H,1,7,10H2,2-3H3/t11?,16?,17?,20-/m0/s1. The van der Waals surface area contributed by atoms with Crippen molar-refractivity contribution in [2.24, 2.45) is 17.3 Å². The van der Waals surface area contributed by atoms with E-state index in [-0.39, 0.29) is 36.0 Å². The number of Topliss-reactive ketones (excluding diaryl/α,β-unsaturated/α-hetero) is 2. The number of ether oxygens (including phenoxy) is 3. The van der Waals surface area contributed by atoms with Gasteiger partial charge in [0.1, 0.15) is 0 Å². The fraction of sp³-hybridized carbons (Fsp3) is 0.400. The van der Waals surface area contributed by atoms with Gasteiger partial charge in [-0.05, 0) is 36.1 Å². The van der Waals surface area contributed by atoms with Crippen molar-refractivity contribution in [1.29, 1.82) is 0 Å². The third-order valence-electron chi connectivity index (χ3n) is 5.85. The minimum Gasteiger partial charge on any atom is -0.493 e. The molecule has 3 unspecified atom stereocenters. The minimum absolute atomic E-state index is 0.0339. The Morgan fingerprint density at radius 2 is 2.08 bits per heavy atom. The van der Waals surface area contributed by atoms with E-state index >= 15 is 0 Å². The van der Waals surface area contributed by atoms with Gasteiger partial charge in [-0.3, -0.25) is 9.59 Å². The SMILES string of the molecule is C=CC[C@@]12C=C(OC)C(=O)C(C1=O)C(c1ccc3c(c1)OCO3)C2C. The first-order chi connectivity index (χ1) is 12.0. The molecule has 0 saturated heterocycles. The van der Waals surface area contributed by atoms with Gasteiger partial charge >= 0.3 is 0 Å². The van der Waals surface area contributed by atoms with Crippen molar-refractivity contribution in [3.8, 4) is 11.5 Å². The Balaban J connectivity index is 1.84. The lowest BCUT2D eigenvalue weighted by Crippen LogP contribution is -2.38. The van der Waals surface area contributed by atoms with E-state index in [1.54, 1.807) is 12.2 Å². The van der Waals surface area contributed by atoms with Crippen LogP contribution in [-0.4, -0.2) is 25.5 Å². The number of rotatable bonds is 4. The lowest BCUT2D eigenvalue weighted by Gasteiger charge is -2.31. The molecule has 1 aromatic carbocycles. The quantitative estimate of drug-likeness (QED) is 0.623. The summed E-state index contributed by atoms with van der Waals surface area (Å²) >= 11 is 0. The van der Waals surface area contributed by atoms with E-state index in [1.807, 2.05) is 25.1 Å². The van der Waals surface area contributed by atoms with Crippen LogP contribution in [0.25, 0.3) is 0 Å². The van der Waals surface area contributed by atoms with E-state index in [0.717, 1.165) is 5.56 Å². The molecule has 0 spiro atoms. The maximum absolute atomic E-state index is 13.2. The number of fused-ring (bicyclic) bond motifs is 3. The van der Waals surface area contributed by atoms with E-state index in [1.165, 1.54) is 7.11 Å². The summed E-state index contributed by atoms with van der Waals surface area (Å²) in [6.07, 6.45) is 3.95. The summed E-state index contributed by atoms with van der Waals surface area (Å²) in [6, 6.07) is 5.65. The third kappa shape index (κ3) is 2.01. The fourth-order valence-corrected chi connectivity index (χ4v) is 4.57. The number of allylic oxidation sites excluding steroid dienone is 3. The lowest BCUT2D eigenvalue weighted by molar-refractivity contribution is -0.136. The summed E-state index contributed by atoms with van der Waals surface area (Å²) < 4.78 is 16.1. The molecule has 4 rings (SSSR count). The van der Waals surface area contributed by atoms with Gasteiger partial charge in [0.2, 0.25) is 12.6 Å². The minimum atomic E-state index is -0.743. The summed E-state index contributed by atoms with van der Waals surface area (Å²) in [6.45, 7) is 6.02. The van der Waals surface area contributed by atoms with Crippen LogP contribution in [-0.2, 0) is 14.3 Å². The fourth-order valence-electron chi connectivity index (χ4n) is 4.57. The number of carbonyl (C=O) groups is 2. The highest BCUT2D eigenvalue weighted by atomic mass is 16.7. The van der Waals surface area contributed by atoms with E-state index in [2.05, 4.69) is 6.58 Å². The van der Waals surface area contributed by atoms with Crippen LogP contribution >= 0.6 is 0 Å². The zero-order chi connectivity index (χ0) is 17.8. The molecule has 2 aliphatic carbocycles. The number of ketones is 2. The van der Waals surface area contributed by atoms with Crippen molar-refractivity contribution in [3.05, 3.63) is 48.3 Å². The largest absolute Gasteiger partial charge is 0.493 e. The number of hydrogen-bond acceptors (Lipinski definition) is 5. The molecule has 0 N–H and O–H groups in total. The van der Waals surface area contributed by atoms with Crippen molar-refractivity contribution in [3.63, 3.8) is 0 Å². The second-order valence-electron chi connectivity index (χ2n) is 6.88. The van der Waals surface area contributed by atoms with Gasteiger partial charge in [-0.1, -0.05) is 19.1 Å². The Morgan fingerprint density at radius 1 is 1.32 bits per heavy atom. The number of hydrogen-bond donors (Lipinski definition) is 0. The molecule has 1 heterocycles. The van der Waals surface area contributed by atoms with Crippen LogP contribution in [0.15, 0.2) is 42.7 Å². The van der Waals surface area contributed by atoms with Crippen molar-refractivity contribution in [2.45, 2.75) is 19.3 Å². The van der Waals surface area contributed by atoms with E-state index < -0.39 is 11.3 Å². The topological polar surface area (TPSA) is 61.8 Å². The average molecular weight is 340 g/mol. The molecule has 4 atom stereocenters. The van der Waals surface area contributed by atoms with Gasteiger partial charge in [0.15, 0.2) is 23.0 Å².